The molecule has 2 rings (SSSR count). The lowest BCUT2D eigenvalue weighted by Crippen LogP contribution is -2.40. The molecular formula is C15H25NO4. The highest BCUT2D eigenvalue weighted by Gasteiger charge is 2.30. The molecule has 2 unspecified atom stereocenters. The molecule has 0 radical (unpaired) electrons. The van der Waals surface area contributed by atoms with Gasteiger partial charge in [0.05, 0.1) is 12.0 Å². The summed E-state index contributed by atoms with van der Waals surface area (Å²) in [6.07, 6.45) is 5.54. The van der Waals surface area contributed by atoms with Gasteiger partial charge < -0.3 is 14.4 Å². The molecule has 1 amide bonds. The first-order valence-electron chi connectivity index (χ1n) is 7.59. The fourth-order valence-corrected chi connectivity index (χ4v) is 3.11. The number of piperidine rings is 1. The largest absolute Gasteiger partial charge is 0.462 e. The molecule has 5 heteroatoms. The highest BCUT2D eigenvalue weighted by atomic mass is 16.5. The van der Waals surface area contributed by atoms with Gasteiger partial charge in [0.15, 0.2) is 0 Å². The molecule has 1 heterocycles. The van der Waals surface area contributed by atoms with E-state index < -0.39 is 0 Å². The van der Waals surface area contributed by atoms with Crippen LogP contribution in [-0.4, -0.2) is 49.2 Å². The number of rotatable bonds is 3. The molecule has 1 aliphatic heterocycles. The fourth-order valence-electron chi connectivity index (χ4n) is 3.11. The molecule has 0 aromatic rings. The highest BCUT2D eigenvalue weighted by molar-refractivity contribution is 5.75. The predicted molar refractivity (Wildman–Crippen MR) is 74.1 cm³/mol. The Morgan fingerprint density at radius 3 is 2.30 bits per heavy atom. The lowest BCUT2D eigenvalue weighted by atomic mass is 9.93. The molecule has 0 N–H and O–H groups in total. The van der Waals surface area contributed by atoms with E-state index in [1.54, 1.807) is 18.9 Å². The SMILES string of the molecule is COC1CCCC(OC(=O)C2CCN(C(C)=O)CC2)C1. The van der Waals surface area contributed by atoms with Crippen LogP contribution in [0.5, 0.6) is 0 Å². The molecule has 20 heavy (non-hydrogen) atoms. The monoisotopic (exact) mass is 283 g/mol. The van der Waals surface area contributed by atoms with Crippen LogP contribution < -0.4 is 0 Å². The first-order valence-corrected chi connectivity index (χ1v) is 7.59. The van der Waals surface area contributed by atoms with Crippen molar-refractivity contribution in [3.05, 3.63) is 0 Å². The molecule has 0 spiro atoms. The first kappa shape index (κ1) is 15.3. The average Bonchev–Trinajstić information content (AvgIpc) is 2.47. The van der Waals surface area contributed by atoms with Gasteiger partial charge in [0.2, 0.25) is 5.91 Å². The lowest BCUT2D eigenvalue weighted by molar-refractivity contribution is -0.160. The van der Waals surface area contributed by atoms with E-state index >= 15 is 0 Å². The Kier molecular flexibility index (Phi) is 5.40. The van der Waals surface area contributed by atoms with Gasteiger partial charge in [0.25, 0.3) is 0 Å². The highest BCUT2D eigenvalue weighted by Crippen LogP contribution is 2.26. The fraction of sp³-hybridized carbons (Fsp3) is 0.867. The van der Waals surface area contributed by atoms with Gasteiger partial charge in [-0.2, -0.15) is 0 Å². The summed E-state index contributed by atoms with van der Waals surface area (Å²) in [6.45, 7) is 2.91. The van der Waals surface area contributed by atoms with Crippen molar-refractivity contribution < 1.29 is 19.1 Å². The Bertz CT molecular complexity index is 350. The van der Waals surface area contributed by atoms with Crippen LogP contribution in [-0.2, 0) is 19.1 Å². The minimum absolute atomic E-state index is 0.00652. The number of likely N-dealkylation sites (tertiary alicyclic amines) is 1. The van der Waals surface area contributed by atoms with Crippen molar-refractivity contribution in [3.63, 3.8) is 0 Å². The van der Waals surface area contributed by atoms with E-state index in [1.165, 1.54) is 0 Å². The number of hydrogen-bond acceptors (Lipinski definition) is 4. The molecule has 5 nitrogen and oxygen atoms in total. The summed E-state index contributed by atoms with van der Waals surface area (Å²) >= 11 is 0. The smallest absolute Gasteiger partial charge is 0.309 e. The number of carbonyl (C=O) groups excluding carboxylic acids is 2. The van der Waals surface area contributed by atoms with E-state index in [0.717, 1.165) is 38.5 Å². The first-order chi connectivity index (χ1) is 9.60. The van der Waals surface area contributed by atoms with Gasteiger partial charge in [-0.3, -0.25) is 9.59 Å². The van der Waals surface area contributed by atoms with Crippen molar-refractivity contribution in [2.45, 2.75) is 57.7 Å². The lowest BCUT2D eigenvalue weighted by Gasteiger charge is -2.32. The van der Waals surface area contributed by atoms with Crippen molar-refractivity contribution in [2.24, 2.45) is 5.92 Å². The van der Waals surface area contributed by atoms with Crippen LogP contribution in [0.1, 0.15) is 45.4 Å². The Balaban J connectivity index is 1.76. The van der Waals surface area contributed by atoms with E-state index in [-0.39, 0.29) is 30.0 Å². The van der Waals surface area contributed by atoms with Crippen LogP contribution in [0, 0.1) is 5.92 Å². The van der Waals surface area contributed by atoms with E-state index in [0.29, 0.717) is 13.1 Å². The number of ether oxygens (including phenoxy) is 2. The third kappa shape index (κ3) is 3.95. The number of methoxy groups -OCH3 is 1. The second-order valence-corrected chi connectivity index (χ2v) is 5.86. The zero-order valence-corrected chi connectivity index (χ0v) is 12.5. The third-order valence-electron chi connectivity index (χ3n) is 4.47. The molecule has 0 bridgehead atoms. The van der Waals surface area contributed by atoms with E-state index in [2.05, 4.69) is 0 Å². The van der Waals surface area contributed by atoms with E-state index in [9.17, 15) is 9.59 Å². The molecule has 2 atom stereocenters. The number of amides is 1. The molecule has 1 aliphatic carbocycles. The molecule has 1 saturated carbocycles. The van der Waals surface area contributed by atoms with E-state index in [1.807, 2.05) is 0 Å². The van der Waals surface area contributed by atoms with Crippen molar-refractivity contribution in [3.8, 4) is 0 Å². The Hall–Kier alpha value is -1.10. The zero-order valence-electron chi connectivity index (χ0n) is 12.5. The minimum Gasteiger partial charge on any atom is -0.462 e. The molecule has 2 aliphatic rings. The quantitative estimate of drug-likeness (QED) is 0.740. The van der Waals surface area contributed by atoms with Crippen molar-refractivity contribution in [2.75, 3.05) is 20.2 Å². The summed E-state index contributed by atoms with van der Waals surface area (Å²) in [7, 11) is 1.71. The Morgan fingerprint density at radius 1 is 1.05 bits per heavy atom. The van der Waals surface area contributed by atoms with Crippen LogP contribution >= 0.6 is 0 Å². The molecule has 114 valence electrons. The maximum absolute atomic E-state index is 12.2. The van der Waals surface area contributed by atoms with Crippen LogP contribution in [0.4, 0.5) is 0 Å². The molecule has 2 fully saturated rings. The van der Waals surface area contributed by atoms with Crippen molar-refractivity contribution in [1.29, 1.82) is 0 Å². The van der Waals surface area contributed by atoms with Gasteiger partial charge in [0, 0.05) is 33.5 Å². The third-order valence-corrected chi connectivity index (χ3v) is 4.47. The zero-order chi connectivity index (χ0) is 14.5. The van der Waals surface area contributed by atoms with Crippen LogP contribution in [0.2, 0.25) is 0 Å². The number of carbonyl (C=O) groups is 2. The summed E-state index contributed by atoms with van der Waals surface area (Å²) in [5, 5.41) is 0. The normalized spacial score (nSPS) is 28.2. The summed E-state index contributed by atoms with van der Waals surface area (Å²) in [6, 6.07) is 0. The average molecular weight is 283 g/mol. The summed E-state index contributed by atoms with van der Waals surface area (Å²) in [5.41, 5.74) is 0. The van der Waals surface area contributed by atoms with Gasteiger partial charge >= 0.3 is 5.97 Å². The topological polar surface area (TPSA) is 55.8 Å². The predicted octanol–water partition coefficient (Wildman–Crippen LogP) is 1.75. The van der Waals surface area contributed by atoms with Crippen LogP contribution in [0.15, 0.2) is 0 Å². The minimum atomic E-state index is -0.0880. The number of nitrogens with zero attached hydrogens (tertiary/aromatic N) is 1. The molecule has 1 saturated heterocycles. The van der Waals surface area contributed by atoms with Crippen molar-refractivity contribution in [1.82, 2.24) is 4.90 Å². The summed E-state index contributed by atoms with van der Waals surface area (Å²) < 4.78 is 11.0. The van der Waals surface area contributed by atoms with E-state index in [4.69, 9.17) is 9.47 Å². The van der Waals surface area contributed by atoms with Crippen molar-refractivity contribution >= 4 is 11.9 Å². The second-order valence-electron chi connectivity index (χ2n) is 5.86. The standard InChI is InChI=1S/C15H25NO4/c1-11(17)16-8-6-12(7-9-16)15(18)20-14-5-3-4-13(10-14)19-2/h12-14H,3-10H2,1-2H3. The van der Waals surface area contributed by atoms with Gasteiger partial charge in [-0.1, -0.05) is 0 Å². The van der Waals surface area contributed by atoms with Crippen LogP contribution in [0.25, 0.3) is 0 Å². The second kappa shape index (κ2) is 7.07. The van der Waals surface area contributed by atoms with Gasteiger partial charge in [-0.25, -0.2) is 0 Å². The summed E-state index contributed by atoms with van der Waals surface area (Å²) in [5.74, 6) is -0.0458. The summed E-state index contributed by atoms with van der Waals surface area (Å²) in [4.78, 5) is 25.2. The van der Waals surface area contributed by atoms with Gasteiger partial charge in [0.1, 0.15) is 6.10 Å². The van der Waals surface area contributed by atoms with Gasteiger partial charge in [-0.15, -0.1) is 0 Å². The molecule has 0 aromatic heterocycles. The number of hydrogen-bond donors (Lipinski definition) is 0. The Labute approximate surface area is 120 Å². The maximum Gasteiger partial charge on any atom is 0.309 e. The Morgan fingerprint density at radius 2 is 1.70 bits per heavy atom. The molecule has 0 aromatic carbocycles. The van der Waals surface area contributed by atoms with Gasteiger partial charge in [-0.05, 0) is 32.1 Å². The molecular weight excluding hydrogens is 258 g/mol. The van der Waals surface area contributed by atoms with Crippen LogP contribution in [0.3, 0.4) is 0 Å². The maximum atomic E-state index is 12.2. The number of esters is 1.